The van der Waals surface area contributed by atoms with E-state index in [-0.39, 0.29) is 5.91 Å². The molecule has 1 aliphatic rings. The minimum atomic E-state index is 0.218. The van der Waals surface area contributed by atoms with Crippen LogP contribution in [0.4, 0.5) is 0 Å². The Morgan fingerprint density at radius 1 is 1.57 bits per heavy atom. The third kappa shape index (κ3) is 5.09. The number of hydrogen-bond acceptors (Lipinski definition) is 4. The van der Waals surface area contributed by atoms with Gasteiger partial charge in [0, 0.05) is 38.2 Å². The molecule has 1 atom stereocenters. The van der Waals surface area contributed by atoms with Crippen LogP contribution in [0.3, 0.4) is 0 Å². The monoisotopic (exact) mass is 311 g/mol. The summed E-state index contributed by atoms with van der Waals surface area (Å²) in [5.41, 5.74) is 1.26. The summed E-state index contributed by atoms with van der Waals surface area (Å²) < 4.78 is 10.6. The summed E-state index contributed by atoms with van der Waals surface area (Å²) in [5.74, 6) is 0.594. The Hall–Kier alpha value is -0.910. The normalized spacial score (nSPS) is 18.7. The Bertz CT molecular complexity index is 440. The van der Waals surface area contributed by atoms with Crippen LogP contribution in [0.2, 0.25) is 0 Å². The number of nitrogens with zero attached hydrogens (tertiary/aromatic N) is 1. The van der Waals surface area contributed by atoms with E-state index < -0.39 is 0 Å². The van der Waals surface area contributed by atoms with Crippen molar-refractivity contribution in [3.8, 4) is 0 Å². The summed E-state index contributed by atoms with van der Waals surface area (Å²) in [7, 11) is 1.67. The van der Waals surface area contributed by atoms with Gasteiger partial charge in [-0.2, -0.15) is 0 Å². The second-order valence-corrected chi connectivity index (χ2v) is 6.62. The number of methoxy groups -OCH3 is 1. The molecule has 1 aliphatic heterocycles. The highest BCUT2D eigenvalue weighted by Gasteiger charge is 2.22. The first-order valence-corrected chi connectivity index (χ1v) is 8.46. The van der Waals surface area contributed by atoms with Crippen molar-refractivity contribution in [3.63, 3.8) is 0 Å². The topological polar surface area (TPSA) is 38.8 Å². The number of hydrogen-bond donors (Lipinski definition) is 0. The van der Waals surface area contributed by atoms with Crippen LogP contribution in [0.5, 0.6) is 0 Å². The fourth-order valence-corrected chi connectivity index (χ4v) is 3.50. The first-order valence-electron chi connectivity index (χ1n) is 7.58. The van der Waals surface area contributed by atoms with E-state index in [0.29, 0.717) is 32.0 Å². The number of aryl methyl sites for hydroxylation is 1. The molecule has 0 aromatic carbocycles. The Kier molecular flexibility index (Phi) is 6.67. The van der Waals surface area contributed by atoms with Gasteiger partial charge in [0.2, 0.25) is 5.91 Å². The largest absolute Gasteiger partial charge is 0.383 e. The Morgan fingerprint density at radius 2 is 2.43 bits per heavy atom. The number of amides is 1. The molecule has 0 N–H and O–H groups in total. The van der Waals surface area contributed by atoms with Crippen molar-refractivity contribution >= 4 is 17.2 Å². The van der Waals surface area contributed by atoms with Crippen molar-refractivity contribution in [2.24, 2.45) is 5.92 Å². The van der Waals surface area contributed by atoms with Crippen LogP contribution in [0, 0.1) is 12.8 Å². The van der Waals surface area contributed by atoms with E-state index in [2.05, 4.69) is 18.4 Å². The van der Waals surface area contributed by atoms with E-state index in [1.54, 1.807) is 18.4 Å². The summed E-state index contributed by atoms with van der Waals surface area (Å²) >= 11 is 1.72. The van der Waals surface area contributed by atoms with E-state index >= 15 is 0 Å². The molecule has 1 aromatic rings. The molecule has 5 heteroatoms. The van der Waals surface area contributed by atoms with Gasteiger partial charge in [-0.15, -0.1) is 11.3 Å². The predicted molar refractivity (Wildman–Crippen MR) is 84.5 cm³/mol. The van der Waals surface area contributed by atoms with Crippen LogP contribution in [0.15, 0.2) is 11.4 Å². The lowest BCUT2D eigenvalue weighted by Crippen LogP contribution is -2.35. The molecule has 21 heavy (non-hydrogen) atoms. The second-order valence-electron chi connectivity index (χ2n) is 5.62. The standard InChI is InChI=1S/C16H25NO3S/c1-13-5-9-21-15(13)11-17(6-8-19-2)16(18)10-14-4-3-7-20-12-14/h5,9,14H,3-4,6-8,10-12H2,1-2H3. The van der Waals surface area contributed by atoms with Crippen LogP contribution in [0.1, 0.15) is 29.7 Å². The summed E-state index contributed by atoms with van der Waals surface area (Å²) in [5, 5.41) is 2.08. The minimum absolute atomic E-state index is 0.218. The molecule has 1 amide bonds. The summed E-state index contributed by atoms with van der Waals surface area (Å²) in [4.78, 5) is 15.8. The third-order valence-electron chi connectivity index (χ3n) is 3.94. The lowest BCUT2D eigenvalue weighted by Gasteiger charge is -2.27. The van der Waals surface area contributed by atoms with Crippen LogP contribution < -0.4 is 0 Å². The molecular weight excluding hydrogens is 286 g/mol. The summed E-state index contributed by atoms with van der Waals surface area (Å²) in [6.07, 6.45) is 2.76. The fraction of sp³-hybridized carbons (Fsp3) is 0.688. The number of ether oxygens (including phenoxy) is 2. The third-order valence-corrected chi connectivity index (χ3v) is 4.95. The van der Waals surface area contributed by atoms with Gasteiger partial charge in [-0.1, -0.05) is 0 Å². The molecule has 0 saturated carbocycles. The molecule has 1 unspecified atom stereocenters. The van der Waals surface area contributed by atoms with Crippen molar-refractivity contribution in [2.45, 2.75) is 32.7 Å². The van der Waals surface area contributed by atoms with E-state index in [0.717, 1.165) is 26.1 Å². The average molecular weight is 311 g/mol. The van der Waals surface area contributed by atoms with E-state index in [1.807, 2.05) is 4.90 Å². The highest BCUT2D eigenvalue weighted by atomic mass is 32.1. The lowest BCUT2D eigenvalue weighted by molar-refractivity contribution is -0.134. The maximum Gasteiger partial charge on any atom is 0.223 e. The number of thiophene rings is 1. The number of rotatable bonds is 7. The molecule has 2 rings (SSSR count). The smallest absolute Gasteiger partial charge is 0.223 e. The molecule has 1 saturated heterocycles. The maximum absolute atomic E-state index is 12.6. The van der Waals surface area contributed by atoms with Gasteiger partial charge in [0.05, 0.1) is 13.2 Å². The van der Waals surface area contributed by atoms with Crippen LogP contribution in [0.25, 0.3) is 0 Å². The number of carbonyl (C=O) groups is 1. The highest BCUT2D eigenvalue weighted by molar-refractivity contribution is 7.10. The zero-order valence-corrected chi connectivity index (χ0v) is 13.8. The molecule has 0 aliphatic carbocycles. The molecule has 0 radical (unpaired) electrons. The molecule has 0 bridgehead atoms. The molecule has 1 aromatic heterocycles. The van der Waals surface area contributed by atoms with Crippen molar-refractivity contribution in [2.75, 3.05) is 33.5 Å². The van der Waals surface area contributed by atoms with Gasteiger partial charge in [0.1, 0.15) is 0 Å². The Morgan fingerprint density at radius 3 is 3.05 bits per heavy atom. The van der Waals surface area contributed by atoms with Crippen LogP contribution in [-0.2, 0) is 20.8 Å². The van der Waals surface area contributed by atoms with Gasteiger partial charge in [0.25, 0.3) is 0 Å². The van der Waals surface area contributed by atoms with Gasteiger partial charge in [-0.05, 0) is 42.7 Å². The zero-order valence-electron chi connectivity index (χ0n) is 13.0. The fourth-order valence-electron chi connectivity index (χ4n) is 2.58. The van der Waals surface area contributed by atoms with Crippen molar-refractivity contribution in [1.82, 2.24) is 4.90 Å². The van der Waals surface area contributed by atoms with Crippen molar-refractivity contribution in [3.05, 3.63) is 21.9 Å². The van der Waals surface area contributed by atoms with Gasteiger partial charge < -0.3 is 14.4 Å². The maximum atomic E-state index is 12.6. The zero-order chi connectivity index (χ0) is 15.1. The molecule has 2 heterocycles. The number of carbonyl (C=O) groups excluding carboxylic acids is 1. The molecule has 4 nitrogen and oxygen atoms in total. The van der Waals surface area contributed by atoms with Gasteiger partial charge in [-0.3, -0.25) is 4.79 Å². The molecule has 118 valence electrons. The SMILES string of the molecule is COCCN(Cc1sccc1C)C(=O)CC1CCCOC1. The molecule has 0 spiro atoms. The van der Waals surface area contributed by atoms with Gasteiger partial charge in [-0.25, -0.2) is 0 Å². The predicted octanol–water partition coefficient (Wildman–Crippen LogP) is 2.85. The van der Waals surface area contributed by atoms with E-state index in [9.17, 15) is 4.79 Å². The van der Waals surface area contributed by atoms with E-state index in [4.69, 9.17) is 9.47 Å². The highest BCUT2D eigenvalue weighted by Crippen LogP contribution is 2.21. The lowest BCUT2D eigenvalue weighted by atomic mass is 9.98. The van der Waals surface area contributed by atoms with Crippen molar-refractivity contribution < 1.29 is 14.3 Å². The molecular formula is C16H25NO3S. The Balaban J connectivity index is 1.93. The van der Waals surface area contributed by atoms with Crippen LogP contribution in [-0.4, -0.2) is 44.3 Å². The van der Waals surface area contributed by atoms with Crippen LogP contribution >= 0.6 is 11.3 Å². The summed E-state index contributed by atoms with van der Waals surface area (Å²) in [6.45, 7) is 5.59. The molecule has 1 fully saturated rings. The second kappa shape index (κ2) is 8.51. The summed E-state index contributed by atoms with van der Waals surface area (Å²) in [6, 6.07) is 2.11. The van der Waals surface area contributed by atoms with Gasteiger partial charge >= 0.3 is 0 Å². The van der Waals surface area contributed by atoms with Gasteiger partial charge in [0.15, 0.2) is 0 Å². The average Bonchev–Trinajstić information content (AvgIpc) is 2.89. The Labute approximate surface area is 131 Å². The van der Waals surface area contributed by atoms with Crippen molar-refractivity contribution in [1.29, 1.82) is 0 Å². The first-order chi connectivity index (χ1) is 10.2. The first kappa shape index (κ1) is 16.5. The van der Waals surface area contributed by atoms with E-state index in [1.165, 1.54) is 10.4 Å². The minimum Gasteiger partial charge on any atom is -0.383 e. The quantitative estimate of drug-likeness (QED) is 0.777.